The van der Waals surface area contributed by atoms with E-state index in [2.05, 4.69) is 13.8 Å². The summed E-state index contributed by atoms with van der Waals surface area (Å²) in [7, 11) is -4.16. The van der Waals surface area contributed by atoms with Crippen LogP contribution in [0.3, 0.4) is 0 Å². The molecule has 0 aliphatic carbocycles. The minimum absolute atomic E-state index is 0. The maximum absolute atomic E-state index is 11.8. The Morgan fingerprint density at radius 1 is 0.600 bits per heavy atom. The zero-order valence-corrected chi connectivity index (χ0v) is 26.3. The number of rotatable bonds is 23. The van der Waals surface area contributed by atoms with Crippen LogP contribution in [0.5, 0.6) is 0 Å². The molecule has 0 saturated heterocycles. The summed E-state index contributed by atoms with van der Waals surface area (Å²) >= 11 is 0. The number of hydrogen-bond donors (Lipinski definition) is 1. The van der Waals surface area contributed by atoms with Gasteiger partial charge >= 0.3 is 29.6 Å². The van der Waals surface area contributed by atoms with Crippen LogP contribution in [-0.4, -0.2) is 13.0 Å². The molecule has 35 heavy (non-hydrogen) atoms. The smallest absolute Gasteiger partial charge is 1.00 e. The third-order valence-corrected chi connectivity index (χ3v) is 7.98. The normalized spacial score (nSPS) is 11.5. The van der Waals surface area contributed by atoms with E-state index in [0.29, 0.717) is 0 Å². The second kappa shape index (κ2) is 23.3. The maximum Gasteiger partial charge on any atom is 1.00 e. The van der Waals surface area contributed by atoms with Gasteiger partial charge in [-0.1, -0.05) is 142 Å². The second-order valence-electron chi connectivity index (χ2n) is 10.3. The van der Waals surface area contributed by atoms with Gasteiger partial charge in [-0.15, -0.1) is 0 Å². The van der Waals surface area contributed by atoms with Crippen LogP contribution in [0, 0.1) is 0 Å². The van der Waals surface area contributed by atoms with Crippen LogP contribution in [0.25, 0.3) is 0 Å². The Labute approximate surface area is 242 Å². The Morgan fingerprint density at radius 2 is 0.971 bits per heavy atom. The molecule has 0 spiro atoms. The van der Waals surface area contributed by atoms with E-state index in [1.165, 1.54) is 115 Å². The predicted molar refractivity (Wildman–Crippen MR) is 148 cm³/mol. The Balaban J connectivity index is 0. The van der Waals surface area contributed by atoms with Gasteiger partial charge < -0.3 is 1.43 Å². The zero-order valence-electron chi connectivity index (χ0n) is 24.5. The van der Waals surface area contributed by atoms with Gasteiger partial charge in [-0.05, 0) is 42.9 Å². The topological polar surface area (TPSA) is 54.4 Å². The van der Waals surface area contributed by atoms with E-state index in [1.807, 2.05) is 12.1 Å². The average molecular weight is 519 g/mol. The van der Waals surface area contributed by atoms with Gasteiger partial charge in [0.15, 0.2) is 0 Å². The van der Waals surface area contributed by atoms with Crippen LogP contribution in [0.15, 0.2) is 23.1 Å². The maximum atomic E-state index is 11.8. The monoisotopic (exact) mass is 518 g/mol. The quantitative estimate of drug-likeness (QED) is 0.0966. The Kier molecular flexibility index (Phi) is 23.3. The summed E-state index contributed by atoms with van der Waals surface area (Å²) in [4.78, 5) is 0.107. The second-order valence-corrected chi connectivity index (χ2v) is 11.7. The van der Waals surface area contributed by atoms with Crippen LogP contribution in [0.1, 0.15) is 155 Å². The Hall–Kier alpha value is 0.130. The Morgan fingerprint density at radius 3 is 1.37 bits per heavy atom. The molecular weight excluding hydrogens is 463 g/mol. The van der Waals surface area contributed by atoms with Crippen molar-refractivity contribution in [1.29, 1.82) is 0 Å². The van der Waals surface area contributed by atoms with Gasteiger partial charge in [0.25, 0.3) is 10.1 Å². The van der Waals surface area contributed by atoms with Crippen molar-refractivity contribution in [2.24, 2.45) is 0 Å². The van der Waals surface area contributed by atoms with Crippen molar-refractivity contribution < 1.29 is 44.0 Å². The van der Waals surface area contributed by atoms with E-state index in [-0.39, 0.29) is 35.9 Å². The van der Waals surface area contributed by atoms with Crippen molar-refractivity contribution in [3.8, 4) is 0 Å². The first-order valence-corrected chi connectivity index (χ1v) is 16.0. The van der Waals surface area contributed by atoms with E-state index < -0.39 is 10.1 Å². The molecule has 0 heterocycles. The van der Waals surface area contributed by atoms with Crippen molar-refractivity contribution in [2.45, 2.75) is 160 Å². The van der Waals surface area contributed by atoms with E-state index in [1.54, 1.807) is 6.07 Å². The van der Waals surface area contributed by atoms with Gasteiger partial charge in [0, 0.05) is 0 Å². The largest absolute Gasteiger partial charge is 1.00 e. The molecule has 1 aromatic rings. The van der Waals surface area contributed by atoms with Gasteiger partial charge in [-0.3, -0.25) is 4.55 Å². The fraction of sp³-hybridized carbons (Fsp3) is 0.800. The summed E-state index contributed by atoms with van der Waals surface area (Å²) in [6, 6.07) is 5.54. The van der Waals surface area contributed by atoms with Crippen LogP contribution in [-0.2, 0) is 23.0 Å². The van der Waals surface area contributed by atoms with Crippen molar-refractivity contribution in [3.05, 3.63) is 29.3 Å². The predicted octanol–water partition coefficient (Wildman–Crippen LogP) is 6.98. The third-order valence-electron chi connectivity index (χ3n) is 7.02. The van der Waals surface area contributed by atoms with Crippen LogP contribution < -0.4 is 29.6 Å². The number of benzene rings is 1. The molecule has 200 valence electrons. The first kappa shape index (κ1) is 35.1. The van der Waals surface area contributed by atoms with E-state index >= 15 is 0 Å². The minimum Gasteiger partial charge on any atom is -1.00 e. The molecule has 0 radical (unpaired) electrons. The van der Waals surface area contributed by atoms with Gasteiger partial charge in [0.05, 0.1) is 4.90 Å². The molecule has 1 rings (SSSR count). The van der Waals surface area contributed by atoms with E-state index in [0.717, 1.165) is 37.7 Å². The summed E-state index contributed by atoms with van der Waals surface area (Å²) in [6.45, 7) is 4.51. The molecule has 0 bridgehead atoms. The summed E-state index contributed by atoms with van der Waals surface area (Å²) in [5.41, 5.74) is 2.00. The van der Waals surface area contributed by atoms with Crippen LogP contribution in [0.2, 0.25) is 0 Å². The van der Waals surface area contributed by atoms with Crippen LogP contribution >= 0.6 is 0 Å². The van der Waals surface area contributed by atoms with Crippen molar-refractivity contribution in [1.82, 2.24) is 0 Å². The van der Waals surface area contributed by atoms with Crippen molar-refractivity contribution >= 4 is 10.1 Å². The van der Waals surface area contributed by atoms with E-state index in [4.69, 9.17) is 0 Å². The average Bonchev–Trinajstić information content (AvgIpc) is 2.81. The molecule has 1 N–H and O–H groups in total. The molecule has 0 amide bonds. The first-order valence-electron chi connectivity index (χ1n) is 14.6. The molecule has 0 aliphatic rings. The fourth-order valence-electron chi connectivity index (χ4n) is 4.85. The van der Waals surface area contributed by atoms with Crippen molar-refractivity contribution in [2.75, 3.05) is 0 Å². The molecule has 0 saturated carbocycles. The van der Waals surface area contributed by atoms with Gasteiger partial charge in [0.2, 0.25) is 0 Å². The summed E-state index contributed by atoms with van der Waals surface area (Å²) in [5.74, 6) is 0. The third kappa shape index (κ3) is 18.9. The molecule has 1 aromatic carbocycles. The molecular formula is C30H55NaO3S. The SMILES string of the molecule is CCCCCCCCCCCCc1ccc(S(=O)(=O)O)c(CCCCCCCCCCCC)c1.[H-].[Na+]. The molecule has 0 unspecified atom stereocenters. The standard InChI is InChI=1S/C30H54O3S.Na.H/c1-3-5-7-9-11-13-15-17-19-21-23-28-25-26-30(34(31,32)33)29(27-28)24-22-20-18-16-14-12-10-8-6-4-2;;/h25-27H,3-24H2,1-2H3,(H,31,32,33);;/q;+1;-1. The number of hydrogen-bond acceptors (Lipinski definition) is 2. The summed E-state index contributed by atoms with van der Waals surface area (Å²) in [5, 5.41) is 0. The molecule has 0 aliphatic heterocycles. The number of aryl methyl sites for hydroxylation is 2. The summed E-state index contributed by atoms with van der Waals surface area (Å²) in [6.07, 6.45) is 27.6. The zero-order chi connectivity index (χ0) is 24.9. The Bertz CT molecular complexity index is 725. The fourth-order valence-corrected chi connectivity index (χ4v) is 5.59. The summed E-state index contributed by atoms with van der Waals surface area (Å²) < 4.78 is 33.4. The van der Waals surface area contributed by atoms with E-state index in [9.17, 15) is 13.0 Å². The van der Waals surface area contributed by atoms with Gasteiger partial charge in [-0.2, -0.15) is 8.42 Å². The molecule has 0 aromatic heterocycles. The molecule has 5 heteroatoms. The first-order chi connectivity index (χ1) is 16.5. The molecule has 3 nitrogen and oxygen atoms in total. The number of unbranched alkanes of at least 4 members (excludes halogenated alkanes) is 18. The minimum atomic E-state index is -4.16. The van der Waals surface area contributed by atoms with Gasteiger partial charge in [0.1, 0.15) is 0 Å². The van der Waals surface area contributed by atoms with Crippen molar-refractivity contribution in [3.63, 3.8) is 0 Å². The van der Waals surface area contributed by atoms with Crippen LogP contribution in [0.4, 0.5) is 0 Å². The molecule has 0 atom stereocenters. The molecule has 0 fully saturated rings. The van der Waals surface area contributed by atoms with Gasteiger partial charge in [-0.25, -0.2) is 0 Å².